The topological polar surface area (TPSA) is 246 Å². The third kappa shape index (κ3) is 7.91. The fourth-order valence-electron chi connectivity index (χ4n) is 6.32. The molecule has 3 aromatic carbocycles. The van der Waals surface area contributed by atoms with Crippen molar-refractivity contribution in [1.29, 1.82) is 0 Å². The molecular formula is C37H35N11O6S3. The number of nitrogens with zero attached hydrogens (tertiary/aromatic N) is 7. The highest BCUT2D eigenvalue weighted by Gasteiger charge is 2.54. The number of amides is 3. The first-order chi connectivity index (χ1) is 27.6. The lowest BCUT2D eigenvalue weighted by Crippen LogP contribution is -2.71. The van der Waals surface area contributed by atoms with Crippen molar-refractivity contribution in [1.82, 2.24) is 35.5 Å². The van der Waals surface area contributed by atoms with Gasteiger partial charge < -0.3 is 32.2 Å². The number of anilines is 1. The van der Waals surface area contributed by atoms with E-state index < -0.39 is 46.6 Å². The van der Waals surface area contributed by atoms with Crippen molar-refractivity contribution in [2.75, 3.05) is 29.3 Å². The molecule has 7 rings (SSSR count). The van der Waals surface area contributed by atoms with Crippen LogP contribution < -0.4 is 22.2 Å². The van der Waals surface area contributed by atoms with E-state index in [0.29, 0.717) is 10.7 Å². The maximum Gasteiger partial charge on any atom is 0.352 e. The van der Waals surface area contributed by atoms with E-state index in [0.717, 1.165) is 38.1 Å². The molecule has 2 aromatic heterocycles. The zero-order valence-electron chi connectivity index (χ0n) is 30.1. The van der Waals surface area contributed by atoms with Gasteiger partial charge in [-0.2, -0.15) is 0 Å². The molecule has 57 heavy (non-hydrogen) atoms. The number of aliphatic carboxylic acids is 1. The van der Waals surface area contributed by atoms with Gasteiger partial charge in [0.15, 0.2) is 10.8 Å². The number of β-lactam (4-membered cyclic amide) rings is 1. The fraction of sp³-hybridized carbons (Fsp3) is 0.216. The third-order valence-corrected chi connectivity index (χ3v) is 12.3. The van der Waals surface area contributed by atoms with Crippen molar-refractivity contribution in [2.24, 2.45) is 16.8 Å². The number of rotatable bonds is 16. The van der Waals surface area contributed by atoms with Gasteiger partial charge in [-0.3, -0.25) is 19.3 Å². The van der Waals surface area contributed by atoms with Gasteiger partial charge in [-0.1, -0.05) is 120 Å². The molecule has 0 aliphatic carbocycles. The van der Waals surface area contributed by atoms with Crippen LogP contribution in [0.1, 0.15) is 29.3 Å². The van der Waals surface area contributed by atoms with Gasteiger partial charge in [-0.05, 0) is 32.7 Å². The lowest BCUT2D eigenvalue weighted by Gasteiger charge is -2.49. The summed E-state index contributed by atoms with van der Waals surface area (Å²) in [4.78, 5) is 64.2. The van der Waals surface area contributed by atoms with Crippen LogP contribution in [0.2, 0.25) is 0 Å². The summed E-state index contributed by atoms with van der Waals surface area (Å²) >= 11 is 3.65. The minimum atomic E-state index is -1.29. The lowest BCUT2D eigenvalue weighted by atomic mass is 9.77. The Balaban J connectivity index is 1.17. The monoisotopic (exact) mass is 825 g/mol. The smallest absolute Gasteiger partial charge is 0.352 e. The van der Waals surface area contributed by atoms with E-state index in [1.165, 1.54) is 23.1 Å². The van der Waals surface area contributed by atoms with E-state index in [-0.39, 0.29) is 40.4 Å². The Bertz CT molecular complexity index is 2240. The SMILES string of the molecule is CC(CON=C(C(=O)N[C@@H]1C(=O)N2C(C(=O)O)=C(CSc3nnnn3N)CS[C@@H]12)c1csc(NC(c2ccccc2)(c2ccccc2)c2ccccc2)n1)C(N)=O. The van der Waals surface area contributed by atoms with Gasteiger partial charge in [0.05, 0.1) is 5.92 Å². The quantitative estimate of drug-likeness (QED) is 0.0240. The van der Waals surface area contributed by atoms with Gasteiger partial charge in [-0.15, -0.1) is 27.9 Å². The summed E-state index contributed by atoms with van der Waals surface area (Å²) in [7, 11) is 0. The number of tetrazole rings is 1. The number of primary amides is 1. The molecule has 0 saturated carbocycles. The Morgan fingerprint density at radius 3 is 2.19 bits per heavy atom. The molecule has 1 fully saturated rings. The summed E-state index contributed by atoms with van der Waals surface area (Å²) in [6, 6.07) is 28.6. The Morgan fingerprint density at radius 1 is 1.04 bits per heavy atom. The summed E-state index contributed by atoms with van der Waals surface area (Å²) in [6.45, 7) is 1.33. The molecule has 3 atom stereocenters. The molecule has 17 nitrogen and oxygen atoms in total. The van der Waals surface area contributed by atoms with E-state index in [4.69, 9.17) is 21.4 Å². The second-order valence-electron chi connectivity index (χ2n) is 12.9. The van der Waals surface area contributed by atoms with Crippen molar-refractivity contribution in [3.63, 3.8) is 0 Å². The molecule has 1 saturated heterocycles. The van der Waals surface area contributed by atoms with E-state index in [2.05, 4.69) is 31.3 Å². The second kappa shape index (κ2) is 16.9. The Morgan fingerprint density at radius 2 is 1.65 bits per heavy atom. The van der Waals surface area contributed by atoms with Crippen LogP contribution in [0.15, 0.2) is 118 Å². The number of thioether (sulfide) groups is 2. The summed E-state index contributed by atoms with van der Waals surface area (Å²) in [6.07, 6.45) is 0. The predicted octanol–water partition coefficient (Wildman–Crippen LogP) is 2.62. The Labute approximate surface area is 337 Å². The molecule has 3 amide bonds. The maximum absolute atomic E-state index is 14.1. The van der Waals surface area contributed by atoms with Crippen LogP contribution in [0.25, 0.3) is 0 Å². The first-order valence-electron chi connectivity index (χ1n) is 17.4. The number of carbonyl (C=O) groups excluding carboxylic acids is 3. The average molecular weight is 826 g/mol. The van der Waals surface area contributed by atoms with E-state index >= 15 is 0 Å². The number of aromatic nitrogens is 5. The summed E-state index contributed by atoms with van der Waals surface area (Å²) in [5, 5.41) is 33.1. The molecule has 292 valence electrons. The van der Waals surface area contributed by atoms with E-state index in [1.807, 2.05) is 91.0 Å². The molecule has 4 heterocycles. The largest absolute Gasteiger partial charge is 0.477 e. The van der Waals surface area contributed by atoms with Crippen LogP contribution in [-0.2, 0) is 29.6 Å². The van der Waals surface area contributed by atoms with Gasteiger partial charge >= 0.3 is 5.97 Å². The number of carbonyl (C=O) groups is 4. The highest BCUT2D eigenvalue weighted by Crippen LogP contribution is 2.42. The molecule has 1 unspecified atom stereocenters. The van der Waals surface area contributed by atoms with Crippen molar-refractivity contribution < 1.29 is 29.1 Å². The number of benzene rings is 3. The summed E-state index contributed by atoms with van der Waals surface area (Å²) in [5.41, 5.74) is 7.45. The zero-order valence-corrected chi connectivity index (χ0v) is 32.5. The number of nitrogen functional groups attached to an aromatic ring is 1. The maximum atomic E-state index is 14.1. The number of carboxylic acid groups (broad SMARTS) is 1. The minimum Gasteiger partial charge on any atom is -0.477 e. The second-order valence-corrected chi connectivity index (χ2v) is 15.8. The standard InChI is InChI=1S/C37H35N11O6S3/c1-21(30(38)49)17-54-44-27(31(50)41-28-32(51)47-29(34(52)53)22(18-55-33(28)47)19-57-36-43-45-46-48(36)39)26-20-56-35(40-26)42-37(23-11-5-2-6-12-23,24-13-7-3-8-14-24)25-15-9-4-10-16-25/h2-16,20-21,28,33H,17-19,39H2,1H3,(H2,38,49)(H,40,42)(H,41,50)(H,52,53)/t21?,28-,33+/m1/s1. The number of oxime groups is 1. The van der Waals surface area contributed by atoms with Gasteiger partial charge in [0, 0.05) is 16.9 Å². The molecule has 0 radical (unpaired) electrons. The van der Waals surface area contributed by atoms with Crippen LogP contribution in [0.5, 0.6) is 0 Å². The van der Waals surface area contributed by atoms with Crippen LogP contribution in [0.4, 0.5) is 5.13 Å². The Kier molecular flexibility index (Phi) is 11.5. The number of hydrogen-bond acceptors (Lipinski definition) is 15. The molecule has 0 bridgehead atoms. The minimum absolute atomic E-state index is 0.127. The van der Waals surface area contributed by atoms with Crippen LogP contribution in [-0.4, -0.2) is 94.2 Å². The first-order valence-corrected chi connectivity index (χ1v) is 20.3. The third-order valence-electron chi connectivity index (χ3n) is 9.22. The van der Waals surface area contributed by atoms with Crippen LogP contribution >= 0.6 is 34.9 Å². The van der Waals surface area contributed by atoms with Crippen molar-refractivity contribution >= 4 is 69.4 Å². The van der Waals surface area contributed by atoms with Gasteiger partial charge in [-0.25, -0.2) is 9.78 Å². The fourth-order valence-corrected chi connectivity index (χ4v) is 9.35. The molecule has 0 spiro atoms. The molecule has 5 aromatic rings. The molecule has 7 N–H and O–H groups in total. The van der Waals surface area contributed by atoms with E-state index in [1.54, 1.807) is 12.3 Å². The summed E-state index contributed by atoms with van der Waals surface area (Å²) < 4.78 is 0. The van der Waals surface area contributed by atoms with Crippen molar-refractivity contribution in [2.45, 2.75) is 29.0 Å². The molecular weight excluding hydrogens is 791 g/mol. The van der Waals surface area contributed by atoms with E-state index in [9.17, 15) is 24.3 Å². The lowest BCUT2D eigenvalue weighted by molar-refractivity contribution is -0.150. The molecule has 2 aliphatic rings. The van der Waals surface area contributed by atoms with Crippen molar-refractivity contribution in [3.05, 3.63) is 130 Å². The number of fused-ring (bicyclic) bond motifs is 1. The average Bonchev–Trinajstić information content (AvgIpc) is 3.88. The number of carboxylic acids is 1. The molecule has 2 aliphatic heterocycles. The Hall–Kier alpha value is -6.25. The summed E-state index contributed by atoms with van der Waals surface area (Å²) in [5.74, 6) is 2.06. The number of hydrogen-bond donors (Lipinski definition) is 5. The number of nitrogens with one attached hydrogen (secondary N) is 2. The van der Waals surface area contributed by atoms with Gasteiger partial charge in [0.1, 0.15) is 35.0 Å². The van der Waals surface area contributed by atoms with Crippen LogP contribution in [0.3, 0.4) is 0 Å². The highest BCUT2D eigenvalue weighted by atomic mass is 32.2. The first kappa shape index (κ1) is 39.0. The number of thiazole rings is 1. The molecule has 20 heteroatoms. The van der Waals surface area contributed by atoms with Crippen molar-refractivity contribution in [3.8, 4) is 0 Å². The predicted molar refractivity (Wildman–Crippen MR) is 214 cm³/mol. The van der Waals surface area contributed by atoms with Gasteiger partial charge in [0.25, 0.3) is 11.8 Å². The normalized spacial score (nSPS) is 17.3. The highest BCUT2D eigenvalue weighted by molar-refractivity contribution is 8.01. The zero-order chi connectivity index (χ0) is 40.1. The van der Waals surface area contributed by atoms with Crippen LogP contribution in [0, 0.1) is 5.92 Å². The number of nitrogens with two attached hydrogens (primary N) is 2. The van der Waals surface area contributed by atoms with Gasteiger partial charge in [0.2, 0.25) is 11.1 Å².